The van der Waals surface area contributed by atoms with Crippen LogP contribution in [0.3, 0.4) is 0 Å². The molecule has 1 aromatic rings. The summed E-state index contributed by atoms with van der Waals surface area (Å²) in [5.74, 6) is -1.23. The number of carbonyl (C=O) groups is 2. The van der Waals surface area contributed by atoms with E-state index >= 15 is 0 Å². The van der Waals surface area contributed by atoms with Crippen LogP contribution in [-0.2, 0) is 4.79 Å². The van der Waals surface area contributed by atoms with Gasteiger partial charge < -0.3 is 15.7 Å². The molecule has 5 nitrogen and oxygen atoms in total. The summed E-state index contributed by atoms with van der Waals surface area (Å²) < 4.78 is 0. The number of primary amides is 1. The van der Waals surface area contributed by atoms with Gasteiger partial charge in [0.25, 0.3) is 0 Å². The molecule has 0 unspecified atom stereocenters. The maximum absolute atomic E-state index is 11.0. The Hall–Kier alpha value is -2.04. The lowest BCUT2D eigenvalue weighted by atomic mass is 10.1. The second-order valence-electron chi connectivity index (χ2n) is 4.28. The van der Waals surface area contributed by atoms with Crippen molar-refractivity contribution in [3.8, 4) is 0 Å². The molecule has 0 radical (unpaired) electrons. The van der Waals surface area contributed by atoms with Gasteiger partial charge in [-0.1, -0.05) is 0 Å². The summed E-state index contributed by atoms with van der Waals surface area (Å²) in [6.07, 6.45) is 0.742. The van der Waals surface area contributed by atoms with Crippen molar-refractivity contribution in [2.24, 2.45) is 5.73 Å². The first-order valence-electron chi connectivity index (χ1n) is 5.75. The van der Waals surface area contributed by atoms with E-state index in [9.17, 15) is 9.59 Å². The van der Waals surface area contributed by atoms with Gasteiger partial charge in [0.15, 0.2) is 0 Å². The third-order valence-electron chi connectivity index (χ3n) is 2.78. The highest BCUT2D eigenvalue weighted by atomic mass is 16.4. The highest BCUT2D eigenvalue weighted by Gasteiger charge is 2.08. The molecule has 0 fully saturated rings. The summed E-state index contributed by atoms with van der Waals surface area (Å²) in [6.45, 7) is 2.55. The van der Waals surface area contributed by atoms with E-state index in [1.54, 1.807) is 12.1 Å². The van der Waals surface area contributed by atoms with E-state index in [0.717, 1.165) is 11.3 Å². The fourth-order valence-electron chi connectivity index (χ4n) is 1.82. The summed E-state index contributed by atoms with van der Waals surface area (Å²) in [6, 6.07) is 5.25. The number of nitrogens with two attached hydrogens (primary N) is 1. The van der Waals surface area contributed by atoms with Gasteiger partial charge in [-0.15, -0.1) is 0 Å². The molecule has 0 aliphatic rings. The number of nitrogens with zero attached hydrogens (tertiary/aromatic N) is 1. The first kappa shape index (κ1) is 14.0. The fraction of sp³-hybridized carbons (Fsp3) is 0.385. The van der Waals surface area contributed by atoms with E-state index in [0.29, 0.717) is 18.5 Å². The molecule has 0 saturated heterocycles. The fourth-order valence-corrected chi connectivity index (χ4v) is 1.82. The number of aliphatic carboxylic acids is 1. The number of carboxylic acid groups (broad SMARTS) is 1. The SMILES string of the molecule is Cc1cc(C(N)=O)ccc1N(C)CCCC(=O)O. The zero-order valence-electron chi connectivity index (χ0n) is 10.6. The molecule has 1 aromatic carbocycles. The summed E-state index contributed by atoms with van der Waals surface area (Å²) in [4.78, 5) is 23.4. The molecule has 3 N–H and O–H groups in total. The van der Waals surface area contributed by atoms with Crippen LogP contribution in [0.4, 0.5) is 5.69 Å². The Labute approximate surface area is 106 Å². The van der Waals surface area contributed by atoms with E-state index in [1.807, 2.05) is 24.9 Å². The minimum atomic E-state index is -0.788. The lowest BCUT2D eigenvalue weighted by Gasteiger charge is -2.21. The summed E-state index contributed by atoms with van der Waals surface area (Å²) in [5, 5.41) is 8.58. The number of aryl methyl sites for hydroxylation is 1. The second-order valence-corrected chi connectivity index (χ2v) is 4.28. The molecule has 0 aliphatic heterocycles. The molecular formula is C13H18N2O3. The zero-order chi connectivity index (χ0) is 13.7. The van der Waals surface area contributed by atoms with Crippen molar-refractivity contribution in [2.45, 2.75) is 19.8 Å². The van der Waals surface area contributed by atoms with Crippen molar-refractivity contribution < 1.29 is 14.7 Å². The van der Waals surface area contributed by atoms with Gasteiger partial charge in [0.1, 0.15) is 0 Å². The molecule has 0 bridgehead atoms. The van der Waals surface area contributed by atoms with E-state index in [2.05, 4.69) is 0 Å². The molecule has 18 heavy (non-hydrogen) atoms. The molecule has 5 heteroatoms. The minimum Gasteiger partial charge on any atom is -0.481 e. The summed E-state index contributed by atoms with van der Waals surface area (Å²) in [7, 11) is 1.90. The Kier molecular flexibility index (Phi) is 4.71. The van der Waals surface area contributed by atoms with Gasteiger partial charge in [0, 0.05) is 31.3 Å². The molecule has 0 aromatic heterocycles. The van der Waals surface area contributed by atoms with E-state index < -0.39 is 11.9 Å². The van der Waals surface area contributed by atoms with Crippen LogP contribution in [-0.4, -0.2) is 30.6 Å². The molecule has 0 atom stereocenters. The van der Waals surface area contributed by atoms with Crippen LogP contribution in [0.2, 0.25) is 0 Å². The van der Waals surface area contributed by atoms with Crippen molar-refractivity contribution in [1.29, 1.82) is 0 Å². The van der Waals surface area contributed by atoms with Crippen molar-refractivity contribution in [3.63, 3.8) is 0 Å². The number of carbonyl (C=O) groups excluding carboxylic acids is 1. The monoisotopic (exact) mass is 250 g/mol. The number of hydrogen-bond donors (Lipinski definition) is 2. The molecular weight excluding hydrogens is 232 g/mol. The number of carboxylic acids is 1. The number of amides is 1. The molecule has 0 saturated carbocycles. The third kappa shape index (κ3) is 3.76. The Morgan fingerprint density at radius 2 is 2.06 bits per heavy atom. The molecule has 0 spiro atoms. The number of hydrogen-bond acceptors (Lipinski definition) is 3. The average Bonchev–Trinajstić information content (AvgIpc) is 2.27. The Morgan fingerprint density at radius 1 is 1.39 bits per heavy atom. The first-order valence-corrected chi connectivity index (χ1v) is 5.75. The van der Waals surface area contributed by atoms with Crippen molar-refractivity contribution in [3.05, 3.63) is 29.3 Å². The molecule has 1 amide bonds. The van der Waals surface area contributed by atoms with Gasteiger partial charge >= 0.3 is 5.97 Å². The summed E-state index contributed by atoms with van der Waals surface area (Å²) in [5.41, 5.74) is 7.61. The maximum Gasteiger partial charge on any atom is 0.303 e. The van der Waals surface area contributed by atoms with Crippen LogP contribution in [0.5, 0.6) is 0 Å². The van der Waals surface area contributed by atoms with Gasteiger partial charge in [-0.2, -0.15) is 0 Å². The highest BCUT2D eigenvalue weighted by Crippen LogP contribution is 2.20. The molecule has 1 rings (SSSR count). The quantitative estimate of drug-likeness (QED) is 0.799. The largest absolute Gasteiger partial charge is 0.481 e. The van der Waals surface area contributed by atoms with Gasteiger partial charge in [0.2, 0.25) is 5.91 Å². The van der Waals surface area contributed by atoms with E-state index in [1.165, 1.54) is 0 Å². The molecule has 98 valence electrons. The Morgan fingerprint density at radius 3 is 2.56 bits per heavy atom. The lowest BCUT2D eigenvalue weighted by Crippen LogP contribution is -2.20. The Bertz CT molecular complexity index is 458. The van der Waals surface area contributed by atoms with Crippen LogP contribution in [0.15, 0.2) is 18.2 Å². The number of rotatable bonds is 6. The van der Waals surface area contributed by atoms with Crippen molar-refractivity contribution in [2.75, 3.05) is 18.5 Å². The number of benzene rings is 1. The van der Waals surface area contributed by atoms with Crippen LogP contribution >= 0.6 is 0 Å². The first-order chi connectivity index (χ1) is 8.41. The number of anilines is 1. The highest BCUT2D eigenvalue weighted by molar-refractivity contribution is 5.93. The molecule has 0 heterocycles. The second kappa shape index (κ2) is 6.05. The van der Waals surface area contributed by atoms with Crippen LogP contribution in [0, 0.1) is 6.92 Å². The molecule has 0 aliphatic carbocycles. The van der Waals surface area contributed by atoms with Gasteiger partial charge in [-0.25, -0.2) is 0 Å². The van der Waals surface area contributed by atoms with E-state index in [-0.39, 0.29) is 6.42 Å². The standard InChI is InChI=1S/C13H18N2O3/c1-9-8-10(13(14)18)5-6-11(9)15(2)7-3-4-12(16)17/h5-6,8H,3-4,7H2,1-2H3,(H2,14,18)(H,16,17). The zero-order valence-corrected chi connectivity index (χ0v) is 10.6. The van der Waals surface area contributed by atoms with Gasteiger partial charge in [0.05, 0.1) is 0 Å². The normalized spacial score (nSPS) is 10.1. The van der Waals surface area contributed by atoms with E-state index in [4.69, 9.17) is 10.8 Å². The Balaban J connectivity index is 2.71. The lowest BCUT2D eigenvalue weighted by molar-refractivity contribution is -0.137. The smallest absolute Gasteiger partial charge is 0.303 e. The van der Waals surface area contributed by atoms with Gasteiger partial charge in [-0.3, -0.25) is 9.59 Å². The van der Waals surface area contributed by atoms with Crippen LogP contribution in [0.1, 0.15) is 28.8 Å². The van der Waals surface area contributed by atoms with Gasteiger partial charge in [-0.05, 0) is 37.1 Å². The van der Waals surface area contributed by atoms with Crippen molar-refractivity contribution >= 4 is 17.6 Å². The van der Waals surface area contributed by atoms with Crippen molar-refractivity contribution in [1.82, 2.24) is 0 Å². The third-order valence-corrected chi connectivity index (χ3v) is 2.78. The summed E-state index contributed by atoms with van der Waals surface area (Å²) >= 11 is 0. The van der Waals surface area contributed by atoms with Crippen LogP contribution < -0.4 is 10.6 Å². The minimum absolute atomic E-state index is 0.156. The van der Waals surface area contributed by atoms with Crippen LogP contribution in [0.25, 0.3) is 0 Å². The maximum atomic E-state index is 11.0. The average molecular weight is 250 g/mol. The predicted molar refractivity (Wildman–Crippen MR) is 69.8 cm³/mol. The predicted octanol–water partition coefficient (Wildman–Crippen LogP) is 1.39. The topological polar surface area (TPSA) is 83.6 Å².